The van der Waals surface area contributed by atoms with E-state index in [0.29, 0.717) is 6.04 Å². The second-order valence-corrected chi connectivity index (χ2v) is 5.15. The summed E-state index contributed by atoms with van der Waals surface area (Å²) in [5.74, 6) is 6.45. The summed E-state index contributed by atoms with van der Waals surface area (Å²) in [6, 6.07) is 10.7. The van der Waals surface area contributed by atoms with E-state index in [1.807, 2.05) is 30.3 Å². The molecule has 0 radical (unpaired) electrons. The Morgan fingerprint density at radius 3 is 2.53 bits per heavy atom. The fraction of sp³-hybridized carbons (Fsp3) is 0.529. The molecule has 2 heteroatoms. The molecule has 0 heterocycles. The lowest BCUT2D eigenvalue weighted by Crippen LogP contribution is -2.39. The smallest absolute Gasteiger partial charge is 0.0608 e. The molecule has 0 bridgehead atoms. The highest BCUT2D eigenvalue weighted by atomic mass is 16.3. The molecule has 0 aromatic heterocycles. The predicted octanol–water partition coefficient (Wildman–Crippen LogP) is 2.67. The first-order valence-corrected chi connectivity index (χ1v) is 7.29. The molecule has 0 amide bonds. The fourth-order valence-electron chi connectivity index (χ4n) is 2.73. The summed E-state index contributed by atoms with van der Waals surface area (Å²) in [5, 5.41) is 9.19. The Kier molecular flexibility index (Phi) is 5.94. The second kappa shape index (κ2) is 7.99. The van der Waals surface area contributed by atoms with Gasteiger partial charge in [-0.15, -0.1) is 0 Å². The Bertz CT molecular complexity index is 412. The molecular weight excluding hydrogens is 234 g/mol. The van der Waals surface area contributed by atoms with Crippen LogP contribution >= 0.6 is 0 Å². The van der Waals surface area contributed by atoms with Crippen LogP contribution < -0.4 is 0 Å². The van der Waals surface area contributed by atoms with Crippen molar-refractivity contribution in [3.63, 3.8) is 0 Å². The maximum Gasteiger partial charge on any atom is 0.0608 e. The van der Waals surface area contributed by atoms with Crippen molar-refractivity contribution in [1.29, 1.82) is 0 Å². The average molecular weight is 257 g/mol. The van der Waals surface area contributed by atoms with Crippen LogP contribution in [0.3, 0.4) is 0 Å². The van der Waals surface area contributed by atoms with Crippen molar-refractivity contribution in [2.75, 3.05) is 19.7 Å². The Balaban J connectivity index is 1.91. The molecule has 2 rings (SSSR count). The van der Waals surface area contributed by atoms with Crippen molar-refractivity contribution >= 4 is 0 Å². The van der Waals surface area contributed by atoms with Gasteiger partial charge in [0.1, 0.15) is 0 Å². The first-order valence-electron chi connectivity index (χ1n) is 7.29. The number of hydrogen-bond acceptors (Lipinski definition) is 2. The zero-order valence-corrected chi connectivity index (χ0v) is 11.5. The largest absolute Gasteiger partial charge is 0.395 e. The highest BCUT2D eigenvalue weighted by Gasteiger charge is 2.19. The molecule has 0 aliphatic heterocycles. The lowest BCUT2D eigenvalue weighted by atomic mass is 9.94. The minimum absolute atomic E-state index is 0.226. The van der Waals surface area contributed by atoms with E-state index in [2.05, 4.69) is 16.7 Å². The molecule has 1 aromatic carbocycles. The van der Waals surface area contributed by atoms with Gasteiger partial charge < -0.3 is 5.11 Å². The Hall–Kier alpha value is -1.30. The minimum Gasteiger partial charge on any atom is -0.395 e. The highest BCUT2D eigenvalue weighted by molar-refractivity contribution is 5.33. The van der Waals surface area contributed by atoms with Crippen LogP contribution in [-0.2, 0) is 0 Å². The third-order valence-electron chi connectivity index (χ3n) is 3.77. The number of aliphatic hydroxyl groups is 1. The van der Waals surface area contributed by atoms with Gasteiger partial charge in [0, 0.05) is 18.2 Å². The molecule has 1 aromatic rings. The number of aliphatic hydroxyl groups excluding tert-OH is 1. The van der Waals surface area contributed by atoms with Crippen LogP contribution in [0.4, 0.5) is 0 Å². The van der Waals surface area contributed by atoms with Gasteiger partial charge in [-0.3, -0.25) is 4.90 Å². The molecule has 1 N–H and O–H groups in total. The molecule has 102 valence electrons. The van der Waals surface area contributed by atoms with Crippen molar-refractivity contribution in [2.45, 2.75) is 38.1 Å². The quantitative estimate of drug-likeness (QED) is 0.838. The first-order chi connectivity index (χ1) is 9.40. The van der Waals surface area contributed by atoms with Crippen molar-refractivity contribution in [3.05, 3.63) is 35.9 Å². The van der Waals surface area contributed by atoms with E-state index in [0.717, 1.165) is 18.7 Å². The van der Waals surface area contributed by atoms with Gasteiger partial charge in [0.2, 0.25) is 0 Å². The van der Waals surface area contributed by atoms with Crippen LogP contribution in [0, 0.1) is 11.8 Å². The van der Waals surface area contributed by atoms with Crippen molar-refractivity contribution < 1.29 is 5.11 Å². The molecule has 1 fully saturated rings. The van der Waals surface area contributed by atoms with Gasteiger partial charge >= 0.3 is 0 Å². The lowest BCUT2D eigenvalue weighted by Gasteiger charge is -2.32. The summed E-state index contributed by atoms with van der Waals surface area (Å²) >= 11 is 0. The number of nitrogens with zero attached hydrogens (tertiary/aromatic N) is 1. The molecule has 1 saturated carbocycles. The molecular formula is C17H23NO. The third kappa shape index (κ3) is 4.70. The summed E-state index contributed by atoms with van der Waals surface area (Å²) in [6.07, 6.45) is 6.51. The van der Waals surface area contributed by atoms with Crippen LogP contribution in [0.2, 0.25) is 0 Å². The van der Waals surface area contributed by atoms with E-state index < -0.39 is 0 Å². The standard InChI is InChI=1S/C17H23NO/c19-15-14-18(17-11-5-2-6-12-17)13-7-10-16-8-3-1-4-9-16/h1,3-4,8-9,17,19H,2,5-6,11-15H2. The van der Waals surface area contributed by atoms with E-state index in [4.69, 9.17) is 0 Å². The molecule has 0 unspecified atom stereocenters. The molecule has 1 aliphatic carbocycles. The van der Waals surface area contributed by atoms with E-state index >= 15 is 0 Å². The van der Waals surface area contributed by atoms with Crippen molar-refractivity contribution in [1.82, 2.24) is 4.90 Å². The van der Waals surface area contributed by atoms with E-state index in [-0.39, 0.29) is 6.61 Å². The van der Waals surface area contributed by atoms with Gasteiger partial charge in [0.25, 0.3) is 0 Å². The third-order valence-corrected chi connectivity index (χ3v) is 3.77. The fourth-order valence-corrected chi connectivity index (χ4v) is 2.73. The second-order valence-electron chi connectivity index (χ2n) is 5.15. The van der Waals surface area contributed by atoms with Crippen LogP contribution in [0.1, 0.15) is 37.7 Å². The van der Waals surface area contributed by atoms with Crippen molar-refractivity contribution in [3.8, 4) is 11.8 Å². The van der Waals surface area contributed by atoms with Crippen molar-refractivity contribution in [2.24, 2.45) is 0 Å². The topological polar surface area (TPSA) is 23.5 Å². The highest BCUT2D eigenvalue weighted by Crippen LogP contribution is 2.22. The molecule has 0 spiro atoms. The number of hydrogen-bond donors (Lipinski definition) is 1. The average Bonchev–Trinajstić information content (AvgIpc) is 2.48. The summed E-state index contributed by atoms with van der Waals surface area (Å²) in [7, 11) is 0. The normalized spacial score (nSPS) is 16.1. The molecule has 1 aliphatic rings. The Labute approximate surface area is 116 Å². The van der Waals surface area contributed by atoms with E-state index in [1.54, 1.807) is 0 Å². The minimum atomic E-state index is 0.226. The van der Waals surface area contributed by atoms with Crippen LogP contribution in [0.15, 0.2) is 30.3 Å². The van der Waals surface area contributed by atoms with E-state index in [1.165, 1.54) is 32.1 Å². The van der Waals surface area contributed by atoms with Gasteiger partial charge in [0.15, 0.2) is 0 Å². The SMILES string of the molecule is OCCN(CC#Cc1ccccc1)C1CCCCC1. The maximum absolute atomic E-state index is 9.19. The van der Waals surface area contributed by atoms with Gasteiger partial charge in [-0.2, -0.15) is 0 Å². The van der Waals surface area contributed by atoms with Gasteiger partial charge in [-0.05, 0) is 25.0 Å². The molecule has 19 heavy (non-hydrogen) atoms. The van der Waals surface area contributed by atoms with Gasteiger partial charge in [-0.1, -0.05) is 49.3 Å². The van der Waals surface area contributed by atoms with Crippen LogP contribution in [0.5, 0.6) is 0 Å². The predicted molar refractivity (Wildman–Crippen MR) is 78.9 cm³/mol. The zero-order valence-electron chi connectivity index (χ0n) is 11.5. The zero-order chi connectivity index (χ0) is 13.3. The Morgan fingerprint density at radius 2 is 1.84 bits per heavy atom. The summed E-state index contributed by atoms with van der Waals surface area (Å²) in [5.41, 5.74) is 1.06. The van der Waals surface area contributed by atoms with E-state index in [9.17, 15) is 5.11 Å². The lowest BCUT2D eigenvalue weighted by molar-refractivity contribution is 0.139. The molecule has 2 nitrogen and oxygen atoms in total. The number of benzene rings is 1. The van der Waals surface area contributed by atoms with Gasteiger partial charge in [0.05, 0.1) is 13.2 Å². The van der Waals surface area contributed by atoms with Crippen LogP contribution in [-0.4, -0.2) is 35.7 Å². The van der Waals surface area contributed by atoms with Crippen LogP contribution in [0.25, 0.3) is 0 Å². The first kappa shape index (κ1) is 14.1. The number of rotatable bonds is 4. The summed E-state index contributed by atoms with van der Waals surface area (Å²) < 4.78 is 0. The summed E-state index contributed by atoms with van der Waals surface area (Å²) in [4.78, 5) is 2.34. The maximum atomic E-state index is 9.19. The summed E-state index contributed by atoms with van der Waals surface area (Å²) in [6.45, 7) is 1.73. The Morgan fingerprint density at radius 1 is 1.11 bits per heavy atom. The monoisotopic (exact) mass is 257 g/mol. The van der Waals surface area contributed by atoms with Gasteiger partial charge in [-0.25, -0.2) is 0 Å². The molecule has 0 saturated heterocycles. The molecule has 0 atom stereocenters.